The number of ether oxygens (including phenoxy) is 1. The number of benzene rings is 2. The molecular formula is C18H18ClN5O2. The lowest BCUT2D eigenvalue weighted by atomic mass is 10.2. The van der Waals surface area contributed by atoms with E-state index in [1.807, 2.05) is 31.2 Å². The number of aryl methyl sites for hydroxylation is 1. The van der Waals surface area contributed by atoms with Crippen molar-refractivity contribution in [1.29, 1.82) is 0 Å². The first-order valence-electron chi connectivity index (χ1n) is 7.87. The molecule has 8 heteroatoms. The summed E-state index contributed by atoms with van der Waals surface area (Å²) >= 11 is 5.88. The van der Waals surface area contributed by atoms with Crippen molar-refractivity contribution in [3.8, 4) is 5.75 Å². The minimum atomic E-state index is -0.450. The largest absolute Gasteiger partial charge is 0.495 e. The van der Waals surface area contributed by atoms with Gasteiger partial charge in [-0.05, 0) is 42.3 Å². The Labute approximate surface area is 155 Å². The lowest BCUT2D eigenvalue weighted by molar-refractivity contribution is 0.102. The van der Waals surface area contributed by atoms with Crippen LogP contribution in [0.4, 0.5) is 11.5 Å². The van der Waals surface area contributed by atoms with Crippen molar-refractivity contribution in [3.05, 3.63) is 64.3 Å². The van der Waals surface area contributed by atoms with E-state index in [2.05, 4.69) is 15.6 Å². The number of rotatable bonds is 5. The fourth-order valence-electron chi connectivity index (χ4n) is 2.46. The van der Waals surface area contributed by atoms with Gasteiger partial charge in [0, 0.05) is 5.02 Å². The van der Waals surface area contributed by atoms with E-state index in [4.69, 9.17) is 22.1 Å². The van der Waals surface area contributed by atoms with E-state index in [1.54, 1.807) is 18.2 Å². The second-order valence-corrected chi connectivity index (χ2v) is 6.20. The quantitative estimate of drug-likeness (QED) is 0.718. The predicted molar refractivity (Wildman–Crippen MR) is 101 cm³/mol. The summed E-state index contributed by atoms with van der Waals surface area (Å²) in [6, 6.07) is 12.8. The topological polar surface area (TPSA) is 95.1 Å². The van der Waals surface area contributed by atoms with Crippen LogP contribution in [0.25, 0.3) is 0 Å². The molecule has 134 valence electrons. The van der Waals surface area contributed by atoms with Crippen LogP contribution in [-0.2, 0) is 6.54 Å². The zero-order chi connectivity index (χ0) is 18.7. The van der Waals surface area contributed by atoms with Crippen molar-refractivity contribution in [2.45, 2.75) is 13.5 Å². The number of nitrogens with two attached hydrogens (primary N) is 1. The Morgan fingerprint density at radius 3 is 2.69 bits per heavy atom. The molecule has 0 fully saturated rings. The summed E-state index contributed by atoms with van der Waals surface area (Å²) in [5, 5.41) is 11.3. The van der Waals surface area contributed by atoms with Gasteiger partial charge >= 0.3 is 0 Å². The Hall–Kier alpha value is -3.06. The minimum absolute atomic E-state index is 0.0579. The van der Waals surface area contributed by atoms with Crippen molar-refractivity contribution in [2.24, 2.45) is 0 Å². The van der Waals surface area contributed by atoms with Gasteiger partial charge in [0.15, 0.2) is 11.5 Å². The summed E-state index contributed by atoms with van der Waals surface area (Å²) in [5.41, 5.74) is 8.59. The number of hydrogen-bond donors (Lipinski definition) is 2. The number of hydrogen-bond acceptors (Lipinski definition) is 5. The van der Waals surface area contributed by atoms with E-state index in [1.165, 1.54) is 11.8 Å². The number of nitrogens with zero attached hydrogens (tertiary/aromatic N) is 3. The highest BCUT2D eigenvalue weighted by atomic mass is 35.5. The molecule has 0 atom stereocenters. The molecule has 3 rings (SSSR count). The van der Waals surface area contributed by atoms with Crippen LogP contribution in [0.15, 0.2) is 42.5 Å². The van der Waals surface area contributed by atoms with Gasteiger partial charge in [-0.1, -0.05) is 35.0 Å². The molecule has 1 amide bonds. The molecule has 7 nitrogen and oxygen atoms in total. The molecule has 0 aliphatic carbocycles. The van der Waals surface area contributed by atoms with Gasteiger partial charge in [-0.25, -0.2) is 4.68 Å². The Morgan fingerprint density at radius 2 is 2.00 bits per heavy atom. The summed E-state index contributed by atoms with van der Waals surface area (Å²) in [6.07, 6.45) is 0. The maximum Gasteiger partial charge on any atom is 0.280 e. The van der Waals surface area contributed by atoms with Crippen LogP contribution in [-0.4, -0.2) is 28.0 Å². The molecule has 0 saturated carbocycles. The number of amides is 1. The SMILES string of the molecule is COc1ccc(C)cc1NC(=O)c1nnn(Cc2ccc(Cl)cc2)c1N. The minimum Gasteiger partial charge on any atom is -0.495 e. The van der Waals surface area contributed by atoms with Crippen LogP contribution in [0.3, 0.4) is 0 Å². The van der Waals surface area contributed by atoms with Gasteiger partial charge in [-0.15, -0.1) is 5.10 Å². The molecule has 0 spiro atoms. The second kappa shape index (κ2) is 7.45. The normalized spacial score (nSPS) is 10.6. The zero-order valence-corrected chi connectivity index (χ0v) is 15.1. The third-order valence-electron chi connectivity index (χ3n) is 3.84. The first kappa shape index (κ1) is 17.8. The van der Waals surface area contributed by atoms with E-state index in [0.29, 0.717) is 23.0 Å². The lowest BCUT2D eigenvalue weighted by Crippen LogP contribution is -2.16. The van der Waals surface area contributed by atoms with Gasteiger partial charge in [0.1, 0.15) is 5.75 Å². The second-order valence-electron chi connectivity index (χ2n) is 5.77. The van der Waals surface area contributed by atoms with Crippen LogP contribution in [0.2, 0.25) is 5.02 Å². The molecule has 0 aliphatic rings. The average Bonchev–Trinajstić information content (AvgIpc) is 2.98. The molecule has 0 aliphatic heterocycles. The van der Waals surface area contributed by atoms with Gasteiger partial charge in [0.05, 0.1) is 19.3 Å². The summed E-state index contributed by atoms with van der Waals surface area (Å²) in [7, 11) is 1.54. The van der Waals surface area contributed by atoms with Gasteiger partial charge in [0.2, 0.25) is 0 Å². The van der Waals surface area contributed by atoms with E-state index < -0.39 is 5.91 Å². The molecule has 26 heavy (non-hydrogen) atoms. The Bertz CT molecular complexity index is 937. The van der Waals surface area contributed by atoms with E-state index in [-0.39, 0.29) is 11.5 Å². The Balaban J connectivity index is 1.80. The number of carbonyl (C=O) groups excluding carboxylic acids is 1. The Kier molecular flexibility index (Phi) is 5.09. The standard InChI is InChI=1S/C18H18ClN5O2/c1-11-3-8-15(26-2)14(9-11)21-18(25)16-17(20)24(23-22-16)10-12-4-6-13(19)7-5-12/h3-9H,10,20H2,1-2H3,(H,21,25). The summed E-state index contributed by atoms with van der Waals surface area (Å²) in [5.74, 6) is 0.286. The molecule has 1 aromatic heterocycles. The van der Waals surface area contributed by atoms with Gasteiger partial charge in [0.25, 0.3) is 5.91 Å². The molecule has 0 unspecified atom stereocenters. The van der Waals surface area contributed by atoms with Crippen molar-refractivity contribution < 1.29 is 9.53 Å². The van der Waals surface area contributed by atoms with Crippen LogP contribution < -0.4 is 15.8 Å². The molecule has 0 bridgehead atoms. The van der Waals surface area contributed by atoms with Crippen LogP contribution in [0, 0.1) is 6.92 Å². The van der Waals surface area contributed by atoms with Crippen molar-refractivity contribution in [2.75, 3.05) is 18.2 Å². The molecule has 0 saturated heterocycles. The first-order valence-corrected chi connectivity index (χ1v) is 8.25. The maximum atomic E-state index is 12.5. The first-order chi connectivity index (χ1) is 12.5. The molecule has 3 N–H and O–H groups in total. The molecular weight excluding hydrogens is 354 g/mol. The highest BCUT2D eigenvalue weighted by molar-refractivity contribution is 6.30. The number of aromatic nitrogens is 3. The molecule has 1 heterocycles. The van der Waals surface area contributed by atoms with Gasteiger partial charge in [-0.2, -0.15) is 0 Å². The summed E-state index contributed by atoms with van der Waals surface area (Å²) < 4.78 is 6.73. The van der Waals surface area contributed by atoms with E-state index in [0.717, 1.165) is 11.1 Å². The van der Waals surface area contributed by atoms with Crippen molar-refractivity contribution in [1.82, 2.24) is 15.0 Å². The smallest absolute Gasteiger partial charge is 0.280 e. The Morgan fingerprint density at radius 1 is 1.27 bits per heavy atom. The third-order valence-corrected chi connectivity index (χ3v) is 4.09. The van der Waals surface area contributed by atoms with Crippen LogP contribution >= 0.6 is 11.6 Å². The van der Waals surface area contributed by atoms with E-state index in [9.17, 15) is 4.79 Å². The van der Waals surface area contributed by atoms with E-state index >= 15 is 0 Å². The highest BCUT2D eigenvalue weighted by Crippen LogP contribution is 2.26. The number of nitrogen functional groups attached to an aromatic ring is 1. The molecule has 3 aromatic rings. The predicted octanol–water partition coefficient (Wildman–Crippen LogP) is 3.13. The van der Waals surface area contributed by atoms with Crippen LogP contribution in [0.1, 0.15) is 21.6 Å². The number of carbonyl (C=O) groups is 1. The highest BCUT2D eigenvalue weighted by Gasteiger charge is 2.19. The van der Waals surface area contributed by atoms with Gasteiger partial charge in [-0.3, -0.25) is 4.79 Å². The lowest BCUT2D eigenvalue weighted by Gasteiger charge is -2.10. The number of methoxy groups -OCH3 is 1. The summed E-state index contributed by atoms with van der Waals surface area (Å²) in [6.45, 7) is 2.31. The van der Waals surface area contributed by atoms with Crippen LogP contribution in [0.5, 0.6) is 5.75 Å². The van der Waals surface area contributed by atoms with Crippen molar-refractivity contribution in [3.63, 3.8) is 0 Å². The molecule has 2 aromatic carbocycles. The average molecular weight is 372 g/mol. The number of anilines is 2. The maximum absolute atomic E-state index is 12.5. The monoisotopic (exact) mass is 371 g/mol. The summed E-state index contributed by atoms with van der Waals surface area (Å²) in [4.78, 5) is 12.5. The van der Waals surface area contributed by atoms with Crippen molar-refractivity contribution >= 4 is 29.0 Å². The fraction of sp³-hybridized carbons (Fsp3) is 0.167. The fourth-order valence-corrected chi connectivity index (χ4v) is 2.59. The molecule has 0 radical (unpaired) electrons. The van der Waals surface area contributed by atoms with Gasteiger partial charge < -0.3 is 15.8 Å². The zero-order valence-electron chi connectivity index (χ0n) is 14.4. The number of halogens is 1. The number of nitrogens with one attached hydrogen (secondary N) is 1. The third kappa shape index (κ3) is 3.78.